The first-order valence-corrected chi connectivity index (χ1v) is 4.52. The first kappa shape index (κ1) is 10.1. The average molecular weight is 180 g/mol. The summed E-state index contributed by atoms with van der Waals surface area (Å²) >= 11 is 0. The summed E-state index contributed by atoms with van der Waals surface area (Å²) in [5.74, 6) is 0.860. The molecular formula is C11H16O2. The lowest BCUT2D eigenvalue weighted by Crippen LogP contribution is -2.17. The van der Waals surface area contributed by atoms with Gasteiger partial charge in [-0.25, -0.2) is 0 Å². The van der Waals surface area contributed by atoms with Crippen molar-refractivity contribution in [2.45, 2.75) is 26.6 Å². The second-order valence-corrected chi connectivity index (χ2v) is 3.00. The predicted octanol–water partition coefficient (Wildman–Crippen LogP) is 2.76. The molecule has 0 aliphatic heterocycles. The molecule has 2 heteroatoms. The van der Waals surface area contributed by atoms with E-state index >= 15 is 0 Å². The van der Waals surface area contributed by atoms with Gasteiger partial charge in [0.05, 0.1) is 0 Å². The molecule has 0 aromatic heterocycles. The van der Waals surface area contributed by atoms with Crippen LogP contribution in [0, 0.1) is 6.92 Å². The van der Waals surface area contributed by atoms with Crippen LogP contribution < -0.4 is 4.74 Å². The van der Waals surface area contributed by atoms with Crippen molar-refractivity contribution in [3.8, 4) is 5.75 Å². The van der Waals surface area contributed by atoms with Crippen molar-refractivity contribution in [1.29, 1.82) is 0 Å². The smallest absolute Gasteiger partial charge is 0.199 e. The third-order valence-electron chi connectivity index (χ3n) is 1.88. The summed E-state index contributed by atoms with van der Waals surface area (Å²) in [6.45, 7) is 4.08. The summed E-state index contributed by atoms with van der Waals surface area (Å²) in [7, 11) is 1.66. The van der Waals surface area contributed by atoms with Gasteiger partial charge in [-0.05, 0) is 19.1 Å². The van der Waals surface area contributed by atoms with Gasteiger partial charge < -0.3 is 9.47 Å². The zero-order valence-corrected chi connectivity index (χ0v) is 8.41. The Kier molecular flexibility index (Phi) is 3.77. The lowest BCUT2D eigenvalue weighted by Gasteiger charge is -2.15. The SMILES string of the molecule is CCC(OC)Oc1ccc(C)cc1. The molecule has 0 saturated heterocycles. The van der Waals surface area contributed by atoms with Crippen molar-refractivity contribution in [2.75, 3.05) is 7.11 Å². The third-order valence-corrected chi connectivity index (χ3v) is 1.88. The van der Waals surface area contributed by atoms with Crippen LogP contribution in [0.1, 0.15) is 18.9 Å². The molecule has 0 N–H and O–H groups in total. The van der Waals surface area contributed by atoms with Crippen LogP contribution >= 0.6 is 0 Å². The Morgan fingerprint density at radius 2 is 1.85 bits per heavy atom. The van der Waals surface area contributed by atoms with E-state index in [-0.39, 0.29) is 6.29 Å². The fraction of sp³-hybridized carbons (Fsp3) is 0.455. The minimum Gasteiger partial charge on any atom is -0.465 e. The van der Waals surface area contributed by atoms with Crippen LogP contribution in [-0.2, 0) is 4.74 Å². The van der Waals surface area contributed by atoms with Gasteiger partial charge in [0.2, 0.25) is 0 Å². The van der Waals surface area contributed by atoms with Crippen molar-refractivity contribution >= 4 is 0 Å². The molecule has 1 aromatic carbocycles. The van der Waals surface area contributed by atoms with Crippen molar-refractivity contribution in [1.82, 2.24) is 0 Å². The number of rotatable bonds is 4. The Morgan fingerprint density at radius 1 is 1.23 bits per heavy atom. The molecule has 0 radical (unpaired) electrons. The van der Waals surface area contributed by atoms with Crippen molar-refractivity contribution < 1.29 is 9.47 Å². The maximum absolute atomic E-state index is 5.55. The Labute approximate surface area is 79.5 Å². The van der Waals surface area contributed by atoms with E-state index in [4.69, 9.17) is 9.47 Å². The van der Waals surface area contributed by atoms with Crippen molar-refractivity contribution in [3.63, 3.8) is 0 Å². The normalized spacial score (nSPS) is 12.5. The van der Waals surface area contributed by atoms with Crippen LogP contribution in [-0.4, -0.2) is 13.4 Å². The van der Waals surface area contributed by atoms with Crippen LogP contribution in [0.25, 0.3) is 0 Å². The molecule has 0 fully saturated rings. The van der Waals surface area contributed by atoms with E-state index in [0.29, 0.717) is 0 Å². The Morgan fingerprint density at radius 3 is 2.31 bits per heavy atom. The van der Waals surface area contributed by atoms with E-state index in [9.17, 15) is 0 Å². The number of aryl methyl sites for hydroxylation is 1. The molecule has 0 aliphatic carbocycles. The van der Waals surface area contributed by atoms with E-state index < -0.39 is 0 Å². The lowest BCUT2D eigenvalue weighted by molar-refractivity contribution is -0.0548. The second kappa shape index (κ2) is 4.87. The molecule has 2 nitrogen and oxygen atoms in total. The highest BCUT2D eigenvalue weighted by Crippen LogP contribution is 2.14. The monoisotopic (exact) mass is 180 g/mol. The number of methoxy groups -OCH3 is 1. The Bertz CT molecular complexity index is 237. The average Bonchev–Trinajstić information content (AvgIpc) is 2.17. The van der Waals surface area contributed by atoms with Gasteiger partial charge in [0, 0.05) is 13.5 Å². The highest BCUT2D eigenvalue weighted by atomic mass is 16.7. The maximum atomic E-state index is 5.55. The highest BCUT2D eigenvalue weighted by Gasteiger charge is 2.04. The third kappa shape index (κ3) is 3.07. The zero-order chi connectivity index (χ0) is 9.68. The van der Waals surface area contributed by atoms with E-state index in [1.165, 1.54) is 5.56 Å². The van der Waals surface area contributed by atoms with Gasteiger partial charge in [0.15, 0.2) is 6.29 Å². The zero-order valence-electron chi connectivity index (χ0n) is 8.41. The molecule has 1 rings (SSSR count). The van der Waals surface area contributed by atoms with Gasteiger partial charge in [-0.15, -0.1) is 0 Å². The second-order valence-electron chi connectivity index (χ2n) is 3.00. The first-order valence-electron chi connectivity index (χ1n) is 4.52. The topological polar surface area (TPSA) is 18.5 Å². The largest absolute Gasteiger partial charge is 0.465 e. The van der Waals surface area contributed by atoms with Gasteiger partial charge >= 0.3 is 0 Å². The van der Waals surface area contributed by atoms with E-state index in [2.05, 4.69) is 6.92 Å². The molecule has 0 saturated carbocycles. The lowest BCUT2D eigenvalue weighted by atomic mass is 10.2. The van der Waals surface area contributed by atoms with E-state index in [1.54, 1.807) is 7.11 Å². The van der Waals surface area contributed by atoms with Gasteiger partial charge in [0.25, 0.3) is 0 Å². The number of benzene rings is 1. The predicted molar refractivity (Wildman–Crippen MR) is 52.9 cm³/mol. The number of ether oxygens (including phenoxy) is 2. The molecule has 1 atom stereocenters. The maximum Gasteiger partial charge on any atom is 0.199 e. The van der Waals surface area contributed by atoms with Gasteiger partial charge in [0.1, 0.15) is 5.75 Å². The first-order chi connectivity index (χ1) is 6.26. The van der Waals surface area contributed by atoms with Crippen LogP contribution in [0.4, 0.5) is 0 Å². The summed E-state index contributed by atoms with van der Waals surface area (Å²) in [4.78, 5) is 0. The molecule has 0 heterocycles. The van der Waals surface area contributed by atoms with Crippen molar-refractivity contribution in [3.05, 3.63) is 29.8 Å². The van der Waals surface area contributed by atoms with Crippen LogP contribution in [0.3, 0.4) is 0 Å². The minimum absolute atomic E-state index is 0.136. The summed E-state index contributed by atoms with van der Waals surface area (Å²) < 4.78 is 10.7. The molecular weight excluding hydrogens is 164 g/mol. The van der Waals surface area contributed by atoms with Crippen molar-refractivity contribution in [2.24, 2.45) is 0 Å². The fourth-order valence-corrected chi connectivity index (χ4v) is 1.07. The summed E-state index contributed by atoms with van der Waals surface area (Å²) in [5, 5.41) is 0. The highest BCUT2D eigenvalue weighted by molar-refractivity contribution is 5.26. The quantitative estimate of drug-likeness (QED) is 0.663. The molecule has 0 bridgehead atoms. The standard InChI is InChI=1S/C11H16O2/c1-4-11(12-3)13-10-7-5-9(2)6-8-10/h5-8,11H,4H2,1-3H3. The van der Waals surface area contributed by atoms with Crippen LogP contribution in [0.5, 0.6) is 5.75 Å². The molecule has 72 valence electrons. The molecule has 0 amide bonds. The minimum atomic E-state index is -0.136. The molecule has 0 aliphatic rings. The summed E-state index contributed by atoms with van der Waals surface area (Å²) in [6.07, 6.45) is 0.715. The molecule has 1 unspecified atom stereocenters. The number of hydrogen-bond acceptors (Lipinski definition) is 2. The summed E-state index contributed by atoms with van der Waals surface area (Å²) in [5.41, 5.74) is 1.23. The van der Waals surface area contributed by atoms with Gasteiger partial charge in [-0.3, -0.25) is 0 Å². The van der Waals surface area contributed by atoms with E-state index in [1.807, 2.05) is 31.2 Å². The Hall–Kier alpha value is -1.02. The summed E-state index contributed by atoms with van der Waals surface area (Å²) in [6, 6.07) is 7.96. The van der Waals surface area contributed by atoms with Crippen LogP contribution in [0.2, 0.25) is 0 Å². The Balaban J connectivity index is 2.58. The molecule has 13 heavy (non-hydrogen) atoms. The molecule has 1 aromatic rings. The fourth-order valence-electron chi connectivity index (χ4n) is 1.07. The van der Waals surface area contributed by atoms with Gasteiger partial charge in [-0.2, -0.15) is 0 Å². The molecule has 0 spiro atoms. The van der Waals surface area contributed by atoms with Gasteiger partial charge in [-0.1, -0.05) is 24.6 Å². The van der Waals surface area contributed by atoms with Crippen LogP contribution in [0.15, 0.2) is 24.3 Å². The van der Waals surface area contributed by atoms with E-state index in [0.717, 1.165) is 12.2 Å². The number of hydrogen-bond donors (Lipinski definition) is 0.